The summed E-state index contributed by atoms with van der Waals surface area (Å²) >= 11 is 0. The minimum absolute atomic E-state index is 0.00408. The third kappa shape index (κ3) is 3.31. The largest absolute Gasteiger partial charge is 0.367 e. The predicted octanol–water partition coefficient (Wildman–Crippen LogP) is 5.17. The molecule has 1 aromatic heterocycles. The van der Waals surface area contributed by atoms with Crippen LogP contribution in [-0.4, -0.2) is 16.0 Å². The minimum Gasteiger partial charge on any atom is -0.367 e. The highest BCUT2D eigenvalue weighted by Crippen LogP contribution is 2.35. The van der Waals surface area contributed by atoms with Gasteiger partial charge in [0.15, 0.2) is 0 Å². The third-order valence-corrected chi connectivity index (χ3v) is 4.83. The lowest BCUT2D eigenvalue weighted by Crippen LogP contribution is -2.19. The first-order valence-electron chi connectivity index (χ1n) is 8.77. The molecule has 1 aliphatic carbocycles. The van der Waals surface area contributed by atoms with Gasteiger partial charge in [-0.25, -0.2) is 13.8 Å². The zero-order valence-corrected chi connectivity index (χ0v) is 14.7. The second-order valence-electron chi connectivity index (χ2n) is 6.87. The van der Waals surface area contributed by atoms with Crippen LogP contribution in [0.2, 0.25) is 0 Å². The molecule has 0 unspecified atom stereocenters. The third-order valence-electron chi connectivity index (χ3n) is 4.83. The summed E-state index contributed by atoms with van der Waals surface area (Å²) in [5, 5.41) is 7.31. The van der Waals surface area contributed by atoms with Crippen LogP contribution in [0.25, 0.3) is 10.9 Å². The molecule has 1 atom stereocenters. The van der Waals surface area contributed by atoms with E-state index >= 15 is 0 Å². The summed E-state index contributed by atoms with van der Waals surface area (Å²) in [7, 11) is 0. The second kappa shape index (κ2) is 6.52. The topological polar surface area (TPSA) is 49.8 Å². The normalized spacial score (nSPS) is 15.1. The number of rotatable bonds is 5. The zero-order valence-electron chi connectivity index (χ0n) is 14.7. The summed E-state index contributed by atoms with van der Waals surface area (Å²) < 4.78 is 27.6. The Morgan fingerprint density at radius 1 is 1.08 bits per heavy atom. The van der Waals surface area contributed by atoms with Gasteiger partial charge in [0.05, 0.1) is 5.52 Å². The van der Waals surface area contributed by atoms with Gasteiger partial charge in [-0.3, -0.25) is 0 Å². The predicted molar refractivity (Wildman–Crippen MR) is 99.7 cm³/mol. The van der Waals surface area contributed by atoms with Gasteiger partial charge in [0.1, 0.15) is 17.5 Å². The van der Waals surface area contributed by atoms with Gasteiger partial charge >= 0.3 is 0 Å². The molecule has 0 aliphatic heterocycles. The second-order valence-corrected chi connectivity index (χ2v) is 6.87. The highest BCUT2D eigenvalue weighted by molar-refractivity contribution is 5.90. The van der Waals surface area contributed by atoms with Crippen LogP contribution in [0.15, 0.2) is 36.4 Å². The Balaban J connectivity index is 1.70. The lowest BCUT2D eigenvalue weighted by molar-refractivity contribution is 0.569. The summed E-state index contributed by atoms with van der Waals surface area (Å²) in [6, 6.07) is 10.5. The Hall–Kier alpha value is -2.76. The van der Waals surface area contributed by atoms with Gasteiger partial charge in [0, 0.05) is 22.7 Å². The molecule has 1 saturated carbocycles. The van der Waals surface area contributed by atoms with E-state index in [1.54, 1.807) is 0 Å². The number of hydrogen-bond donors (Lipinski definition) is 2. The maximum absolute atomic E-state index is 13.8. The molecule has 2 N–H and O–H groups in total. The molecule has 0 saturated heterocycles. The van der Waals surface area contributed by atoms with E-state index in [2.05, 4.69) is 27.5 Å². The van der Waals surface area contributed by atoms with Crippen LogP contribution >= 0.6 is 0 Å². The first kappa shape index (κ1) is 16.7. The fourth-order valence-electron chi connectivity index (χ4n) is 3.02. The fourth-order valence-corrected chi connectivity index (χ4v) is 3.02. The summed E-state index contributed by atoms with van der Waals surface area (Å²) in [5.74, 6) is 0.491. The standard InChI is InChI=1S/C20H20F2N4/c1-11-16(21)9-14(10-17(11)22)24-20-25-18-6-4-3-5-15(18)19(26-20)23-12(2)13-7-8-13/h3-6,9-10,12-13H,7-8H2,1-2H3,(H2,23,24,25,26)/t12-/m1/s1. The van der Waals surface area contributed by atoms with E-state index in [9.17, 15) is 8.78 Å². The van der Waals surface area contributed by atoms with Crippen LogP contribution in [0, 0.1) is 24.5 Å². The summed E-state index contributed by atoms with van der Waals surface area (Å²) in [6.45, 7) is 3.55. The van der Waals surface area contributed by atoms with Crippen molar-refractivity contribution in [2.75, 3.05) is 10.6 Å². The van der Waals surface area contributed by atoms with Crippen molar-refractivity contribution in [3.8, 4) is 0 Å². The zero-order chi connectivity index (χ0) is 18.3. The van der Waals surface area contributed by atoms with Crippen molar-refractivity contribution < 1.29 is 8.78 Å². The Morgan fingerprint density at radius 2 is 1.77 bits per heavy atom. The van der Waals surface area contributed by atoms with E-state index < -0.39 is 11.6 Å². The van der Waals surface area contributed by atoms with Crippen LogP contribution in [-0.2, 0) is 0 Å². The van der Waals surface area contributed by atoms with E-state index in [1.807, 2.05) is 24.3 Å². The molecular formula is C20H20F2N4. The summed E-state index contributed by atoms with van der Waals surface area (Å²) in [5.41, 5.74) is 1.04. The smallest absolute Gasteiger partial charge is 0.229 e. The van der Waals surface area contributed by atoms with Crippen molar-refractivity contribution in [1.29, 1.82) is 0 Å². The fraction of sp³-hybridized carbons (Fsp3) is 0.300. The Bertz CT molecular complexity index is 946. The number of nitrogens with zero attached hydrogens (tertiary/aromatic N) is 2. The molecule has 0 spiro atoms. The van der Waals surface area contributed by atoms with E-state index in [4.69, 9.17) is 0 Å². The number of halogens is 2. The molecule has 4 rings (SSSR count). The van der Waals surface area contributed by atoms with Crippen molar-refractivity contribution >= 4 is 28.4 Å². The van der Waals surface area contributed by atoms with E-state index in [0.29, 0.717) is 17.9 Å². The van der Waals surface area contributed by atoms with Gasteiger partial charge < -0.3 is 10.6 Å². The number of nitrogens with one attached hydrogen (secondary N) is 2. The SMILES string of the molecule is Cc1c(F)cc(Nc2nc(N[C@H](C)C3CC3)c3ccccc3n2)cc1F. The molecule has 1 aliphatic rings. The van der Waals surface area contributed by atoms with Gasteiger partial charge in [-0.15, -0.1) is 0 Å². The first-order valence-corrected chi connectivity index (χ1v) is 8.77. The molecule has 4 nitrogen and oxygen atoms in total. The molecule has 0 bridgehead atoms. The number of aromatic nitrogens is 2. The molecule has 0 radical (unpaired) electrons. The number of para-hydroxylation sites is 1. The van der Waals surface area contributed by atoms with Crippen LogP contribution in [0.1, 0.15) is 25.3 Å². The van der Waals surface area contributed by atoms with E-state index in [0.717, 1.165) is 16.7 Å². The molecular weight excluding hydrogens is 334 g/mol. The molecule has 0 amide bonds. The molecule has 3 aromatic rings. The number of fused-ring (bicyclic) bond motifs is 1. The van der Waals surface area contributed by atoms with Crippen LogP contribution in [0.3, 0.4) is 0 Å². The Kier molecular flexibility index (Phi) is 4.18. The summed E-state index contributed by atoms with van der Waals surface area (Å²) in [6.07, 6.45) is 2.45. The molecule has 6 heteroatoms. The van der Waals surface area contributed by atoms with Gasteiger partial charge in [0.2, 0.25) is 5.95 Å². The van der Waals surface area contributed by atoms with E-state index in [-0.39, 0.29) is 11.3 Å². The van der Waals surface area contributed by atoms with Crippen molar-refractivity contribution in [2.24, 2.45) is 5.92 Å². The molecule has 1 fully saturated rings. The van der Waals surface area contributed by atoms with Crippen LogP contribution < -0.4 is 10.6 Å². The van der Waals surface area contributed by atoms with Gasteiger partial charge in [-0.2, -0.15) is 4.98 Å². The molecule has 134 valence electrons. The highest BCUT2D eigenvalue weighted by Gasteiger charge is 2.28. The maximum atomic E-state index is 13.8. The minimum atomic E-state index is -0.603. The van der Waals surface area contributed by atoms with Crippen molar-refractivity contribution in [2.45, 2.75) is 32.7 Å². The van der Waals surface area contributed by atoms with E-state index in [1.165, 1.54) is 31.9 Å². The number of anilines is 3. The van der Waals surface area contributed by atoms with Crippen LogP contribution in [0.5, 0.6) is 0 Å². The van der Waals surface area contributed by atoms with Gasteiger partial charge in [-0.1, -0.05) is 12.1 Å². The van der Waals surface area contributed by atoms with Gasteiger partial charge in [-0.05, 0) is 56.9 Å². The average molecular weight is 354 g/mol. The molecule has 2 aromatic carbocycles. The Labute approximate surface area is 150 Å². The van der Waals surface area contributed by atoms with Crippen molar-refractivity contribution in [3.05, 3.63) is 53.6 Å². The molecule has 1 heterocycles. The average Bonchev–Trinajstić information content (AvgIpc) is 3.45. The lowest BCUT2D eigenvalue weighted by Gasteiger charge is -2.16. The van der Waals surface area contributed by atoms with Crippen LogP contribution in [0.4, 0.5) is 26.2 Å². The first-order chi connectivity index (χ1) is 12.5. The number of benzene rings is 2. The van der Waals surface area contributed by atoms with Gasteiger partial charge in [0.25, 0.3) is 0 Å². The maximum Gasteiger partial charge on any atom is 0.229 e. The highest BCUT2D eigenvalue weighted by atomic mass is 19.1. The Morgan fingerprint density at radius 3 is 2.46 bits per heavy atom. The van der Waals surface area contributed by atoms with Crippen molar-refractivity contribution in [3.63, 3.8) is 0 Å². The van der Waals surface area contributed by atoms with Crippen molar-refractivity contribution in [1.82, 2.24) is 9.97 Å². The lowest BCUT2D eigenvalue weighted by atomic mass is 10.2. The molecule has 26 heavy (non-hydrogen) atoms. The monoisotopic (exact) mass is 354 g/mol. The quantitative estimate of drug-likeness (QED) is 0.664. The summed E-state index contributed by atoms with van der Waals surface area (Å²) in [4.78, 5) is 9.02. The number of hydrogen-bond acceptors (Lipinski definition) is 4.